The minimum atomic E-state index is -0.142. The Morgan fingerprint density at radius 2 is 1.93 bits per heavy atom. The Morgan fingerprint density at radius 1 is 1.19 bits per heavy atom. The van der Waals surface area contributed by atoms with Crippen molar-refractivity contribution in [3.63, 3.8) is 0 Å². The molecule has 0 saturated carbocycles. The third-order valence-corrected chi connectivity index (χ3v) is 5.89. The Kier molecular flexibility index (Phi) is 5.11. The van der Waals surface area contributed by atoms with E-state index in [2.05, 4.69) is 39.4 Å². The van der Waals surface area contributed by atoms with E-state index in [9.17, 15) is 9.59 Å². The van der Waals surface area contributed by atoms with Crippen molar-refractivity contribution in [3.8, 4) is 0 Å². The summed E-state index contributed by atoms with van der Waals surface area (Å²) < 4.78 is 1.70. The summed E-state index contributed by atoms with van der Waals surface area (Å²) in [6.45, 7) is 6.33. The van der Waals surface area contributed by atoms with Gasteiger partial charge in [0, 0.05) is 38.6 Å². The normalized spacial score (nSPS) is 18.5. The molecule has 2 aliphatic rings. The third-order valence-electron chi connectivity index (χ3n) is 5.89. The maximum atomic E-state index is 12.8. The topological polar surface area (TPSA) is 74.2 Å². The lowest BCUT2D eigenvalue weighted by Crippen LogP contribution is -2.45. The van der Waals surface area contributed by atoms with Gasteiger partial charge in [-0.05, 0) is 37.3 Å². The van der Waals surface area contributed by atoms with Crippen molar-refractivity contribution in [3.05, 3.63) is 51.7 Å². The summed E-state index contributed by atoms with van der Waals surface area (Å²) in [5.74, 6) is 1.29. The molecule has 1 fully saturated rings. The molecule has 2 aliphatic heterocycles. The fourth-order valence-electron chi connectivity index (χ4n) is 4.31. The first-order valence-corrected chi connectivity index (χ1v) is 9.87. The lowest BCUT2D eigenvalue weighted by atomic mass is 9.95. The van der Waals surface area contributed by atoms with Crippen LogP contribution in [0.1, 0.15) is 42.6 Å². The number of aromatic amines is 1. The van der Waals surface area contributed by atoms with E-state index in [-0.39, 0.29) is 17.5 Å². The Hall–Kier alpha value is -2.41. The molecule has 1 saturated heterocycles. The van der Waals surface area contributed by atoms with Gasteiger partial charge in [-0.25, -0.2) is 9.89 Å². The molecule has 3 heterocycles. The number of nitrogens with zero attached hydrogens (tertiary/aromatic N) is 4. The van der Waals surface area contributed by atoms with Gasteiger partial charge in [-0.3, -0.25) is 14.3 Å². The first-order valence-electron chi connectivity index (χ1n) is 9.87. The number of aromatic nitrogens is 3. The second-order valence-corrected chi connectivity index (χ2v) is 7.52. The van der Waals surface area contributed by atoms with Crippen LogP contribution in [0.4, 0.5) is 0 Å². The van der Waals surface area contributed by atoms with Crippen LogP contribution < -0.4 is 5.69 Å². The SMILES string of the molecule is CCn1c(C2CCN(C(=O)CN3CCc4ccccc4C3)CC2)n[nH]c1=O. The molecule has 1 amide bonds. The molecule has 1 aromatic heterocycles. The van der Waals surface area contributed by atoms with Crippen LogP contribution in [0.5, 0.6) is 0 Å². The van der Waals surface area contributed by atoms with Crippen molar-refractivity contribution in [1.29, 1.82) is 0 Å². The molecule has 0 radical (unpaired) electrons. The van der Waals surface area contributed by atoms with Crippen LogP contribution in [0.2, 0.25) is 0 Å². The second kappa shape index (κ2) is 7.68. The van der Waals surface area contributed by atoms with Crippen LogP contribution >= 0.6 is 0 Å². The van der Waals surface area contributed by atoms with E-state index in [1.807, 2.05) is 11.8 Å². The number of hydrogen-bond donors (Lipinski definition) is 1. The van der Waals surface area contributed by atoms with Gasteiger partial charge in [0.05, 0.1) is 6.54 Å². The quantitative estimate of drug-likeness (QED) is 0.883. The number of carbonyl (C=O) groups is 1. The number of fused-ring (bicyclic) bond motifs is 1. The van der Waals surface area contributed by atoms with E-state index in [1.165, 1.54) is 11.1 Å². The maximum Gasteiger partial charge on any atom is 0.343 e. The number of benzene rings is 1. The van der Waals surface area contributed by atoms with Crippen LogP contribution in [0.3, 0.4) is 0 Å². The summed E-state index contributed by atoms with van der Waals surface area (Å²) in [6, 6.07) is 8.50. The largest absolute Gasteiger partial charge is 0.343 e. The molecule has 1 aromatic carbocycles. The summed E-state index contributed by atoms with van der Waals surface area (Å²) in [6.07, 6.45) is 2.73. The predicted molar refractivity (Wildman–Crippen MR) is 102 cm³/mol. The zero-order valence-corrected chi connectivity index (χ0v) is 15.9. The van der Waals surface area contributed by atoms with Gasteiger partial charge in [-0.1, -0.05) is 24.3 Å². The average Bonchev–Trinajstić information content (AvgIpc) is 3.08. The minimum absolute atomic E-state index is 0.142. The number of hydrogen-bond acceptors (Lipinski definition) is 4. The monoisotopic (exact) mass is 369 g/mol. The molecule has 0 aliphatic carbocycles. The predicted octanol–water partition coefficient (Wildman–Crippen LogP) is 1.36. The number of nitrogens with one attached hydrogen (secondary N) is 1. The van der Waals surface area contributed by atoms with Crippen molar-refractivity contribution >= 4 is 5.91 Å². The average molecular weight is 369 g/mol. The minimum Gasteiger partial charge on any atom is -0.342 e. The number of piperidine rings is 1. The molecule has 0 atom stereocenters. The van der Waals surface area contributed by atoms with Gasteiger partial charge in [0.25, 0.3) is 0 Å². The van der Waals surface area contributed by atoms with Gasteiger partial charge in [-0.2, -0.15) is 5.10 Å². The van der Waals surface area contributed by atoms with Crippen LogP contribution in [0.15, 0.2) is 29.1 Å². The Morgan fingerprint density at radius 3 is 2.67 bits per heavy atom. The lowest BCUT2D eigenvalue weighted by molar-refractivity contribution is -0.133. The second-order valence-electron chi connectivity index (χ2n) is 7.52. The Balaban J connectivity index is 1.32. The third kappa shape index (κ3) is 3.69. The smallest absolute Gasteiger partial charge is 0.342 e. The molecule has 144 valence electrons. The van der Waals surface area contributed by atoms with E-state index >= 15 is 0 Å². The van der Waals surface area contributed by atoms with Crippen LogP contribution in [0.25, 0.3) is 0 Å². The van der Waals surface area contributed by atoms with Gasteiger partial charge >= 0.3 is 5.69 Å². The van der Waals surface area contributed by atoms with Crippen molar-refractivity contribution in [2.24, 2.45) is 0 Å². The van der Waals surface area contributed by atoms with Crippen molar-refractivity contribution < 1.29 is 4.79 Å². The number of carbonyl (C=O) groups excluding carboxylic acids is 1. The summed E-state index contributed by atoms with van der Waals surface area (Å²) in [7, 11) is 0. The number of H-pyrrole nitrogens is 1. The van der Waals surface area contributed by atoms with Gasteiger partial charge in [-0.15, -0.1) is 0 Å². The molecule has 0 unspecified atom stereocenters. The van der Waals surface area contributed by atoms with Gasteiger partial charge in [0.15, 0.2) is 0 Å². The van der Waals surface area contributed by atoms with E-state index in [4.69, 9.17) is 0 Å². The van der Waals surface area contributed by atoms with E-state index in [0.717, 1.165) is 51.3 Å². The van der Waals surface area contributed by atoms with Crippen molar-refractivity contribution in [2.75, 3.05) is 26.2 Å². The molecule has 0 bridgehead atoms. The summed E-state index contributed by atoms with van der Waals surface area (Å²) in [5, 5.41) is 6.76. The molecule has 1 N–H and O–H groups in total. The number of amides is 1. The first kappa shape index (κ1) is 18.0. The highest BCUT2D eigenvalue weighted by Crippen LogP contribution is 2.26. The fourth-order valence-corrected chi connectivity index (χ4v) is 4.31. The van der Waals surface area contributed by atoms with Crippen LogP contribution in [0, 0.1) is 0 Å². The molecular weight excluding hydrogens is 342 g/mol. The molecule has 27 heavy (non-hydrogen) atoms. The molecule has 0 spiro atoms. The molecule has 7 nitrogen and oxygen atoms in total. The molecule has 4 rings (SSSR count). The molecule has 2 aromatic rings. The van der Waals surface area contributed by atoms with Crippen LogP contribution in [-0.2, 0) is 24.3 Å². The van der Waals surface area contributed by atoms with Gasteiger partial charge in [0.1, 0.15) is 5.82 Å². The first-order chi connectivity index (χ1) is 13.2. The highest BCUT2D eigenvalue weighted by atomic mass is 16.2. The number of rotatable bonds is 4. The van der Waals surface area contributed by atoms with E-state index in [1.54, 1.807) is 4.57 Å². The zero-order chi connectivity index (χ0) is 18.8. The van der Waals surface area contributed by atoms with Gasteiger partial charge in [0.2, 0.25) is 5.91 Å². The summed E-state index contributed by atoms with van der Waals surface area (Å²) in [4.78, 5) is 28.7. The Bertz CT molecular complexity index is 863. The molecule has 7 heteroatoms. The summed E-state index contributed by atoms with van der Waals surface area (Å²) in [5.41, 5.74) is 2.60. The zero-order valence-electron chi connectivity index (χ0n) is 15.9. The summed E-state index contributed by atoms with van der Waals surface area (Å²) >= 11 is 0. The number of likely N-dealkylation sites (tertiary alicyclic amines) is 1. The standard InChI is InChI=1S/C20H27N5O2/c1-2-25-19(21-22-20(25)27)16-8-11-24(12-9-16)18(26)14-23-10-7-15-5-3-4-6-17(15)13-23/h3-6,16H,2,7-14H2,1H3,(H,22,27). The van der Waals surface area contributed by atoms with Crippen molar-refractivity contribution in [1.82, 2.24) is 24.6 Å². The molecular formula is C20H27N5O2. The lowest BCUT2D eigenvalue weighted by Gasteiger charge is -2.34. The van der Waals surface area contributed by atoms with Crippen molar-refractivity contribution in [2.45, 2.75) is 45.2 Å². The highest BCUT2D eigenvalue weighted by molar-refractivity contribution is 5.78. The maximum absolute atomic E-state index is 12.8. The highest BCUT2D eigenvalue weighted by Gasteiger charge is 2.28. The van der Waals surface area contributed by atoms with Gasteiger partial charge < -0.3 is 4.90 Å². The van der Waals surface area contributed by atoms with Crippen LogP contribution in [-0.4, -0.2) is 56.7 Å². The van der Waals surface area contributed by atoms with E-state index in [0.29, 0.717) is 13.1 Å². The van der Waals surface area contributed by atoms with E-state index < -0.39 is 0 Å². The fraction of sp³-hybridized carbons (Fsp3) is 0.550. The Labute approximate surface area is 159 Å².